The van der Waals surface area contributed by atoms with E-state index in [1.54, 1.807) is 6.08 Å². The average molecular weight is 244 g/mol. The molecular formula is C14H16N2O2. The number of para-hydroxylation sites is 1. The van der Waals surface area contributed by atoms with Gasteiger partial charge in [0.2, 0.25) is 0 Å². The molecule has 1 heterocycles. The second kappa shape index (κ2) is 6.00. The van der Waals surface area contributed by atoms with Crippen molar-refractivity contribution in [1.82, 2.24) is 0 Å². The van der Waals surface area contributed by atoms with Crippen LogP contribution in [0.25, 0.3) is 0 Å². The van der Waals surface area contributed by atoms with Crippen LogP contribution in [-0.4, -0.2) is 38.4 Å². The van der Waals surface area contributed by atoms with Gasteiger partial charge >= 0.3 is 5.97 Å². The molecule has 94 valence electrons. The van der Waals surface area contributed by atoms with Crippen LogP contribution in [0.5, 0.6) is 0 Å². The van der Waals surface area contributed by atoms with E-state index in [2.05, 4.69) is 11.6 Å². The van der Waals surface area contributed by atoms with Crippen LogP contribution in [0.3, 0.4) is 0 Å². The molecule has 1 aromatic carbocycles. The predicted octanol–water partition coefficient (Wildman–Crippen LogP) is 1.65. The summed E-state index contributed by atoms with van der Waals surface area (Å²) in [6.07, 6.45) is 3.42. The number of rotatable bonds is 4. The van der Waals surface area contributed by atoms with Crippen LogP contribution in [0.2, 0.25) is 0 Å². The number of carbonyl (C=O) groups excluding carboxylic acids is 1. The molecule has 4 nitrogen and oxygen atoms in total. The van der Waals surface area contributed by atoms with E-state index in [4.69, 9.17) is 4.74 Å². The Balaban J connectivity index is 2.10. The maximum absolute atomic E-state index is 11.6. The summed E-state index contributed by atoms with van der Waals surface area (Å²) in [5.74, 6) is -0.244. The summed E-state index contributed by atoms with van der Waals surface area (Å²) in [6.45, 7) is 5.42. The highest BCUT2D eigenvalue weighted by atomic mass is 16.5. The Hall–Kier alpha value is -2.10. The predicted molar refractivity (Wildman–Crippen MR) is 72.3 cm³/mol. The number of nitrogens with zero attached hydrogens (tertiary/aromatic N) is 2. The second-order valence-electron chi connectivity index (χ2n) is 3.99. The van der Waals surface area contributed by atoms with Gasteiger partial charge in [0.25, 0.3) is 0 Å². The molecule has 2 rings (SSSR count). The molecule has 0 bridgehead atoms. The smallest absolute Gasteiger partial charge is 0.325 e. The Labute approximate surface area is 107 Å². The monoisotopic (exact) mass is 244 g/mol. The molecule has 0 atom stereocenters. The van der Waals surface area contributed by atoms with Crippen molar-refractivity contribution in [3.8, 4) is 0 Å². The quantitative estimate of drug-likeness (QED) is 0.597. The first-order valence-electron chi connectivity index (χ1n) is 5.91. The number of esters is 1. The van der Waals surface area contributed by atoms with Gasteiger partial charge in [0.05, 0.1) is 6.54 Å². The van der Waals surface area contributed by atoms with Crippen LogP contribution < -0.4 is 4.90 Å². The van der Waals surface area contributed by atoms with E-state index in [0.29, 0.717) is 6.54 Å². The highest BCUT2D eigenvalue weighted by Gasteiger charge is 2.16. The molecule has 1 aliphatic rings. The summed E-state index contributed by atoms with van der Waals surface area (Å²) in [5, 5.41) is 0. The van der Waals surface area contributed by atoms with Gasteiger partial charge in [-0.15, -0.1) is 0 Å². The highest BCUT2D eigenvalue weighted by Crippen LogP contribution is 2.20. The Kier molecular flexibility index (Phi) is 4.12. The van der Waals surface area contributed by atoms with Crippen LogP contribution in [0, 0.1) is 0 Å². The lowest BCUT2D eigenvalue weighted by molar-refractivity contribution is -0.140. The molecule has 4 heteroatoms. The normalized spacial score (nSPS) is 13.7. The maximum Gasteiger partial charge on any atom is 0.325 e. The molecule has 0 radical (unpaired) electrons. The van der Waals surface area contributed by atoms with Gasteiger partial charge in [-0.3, -0.25) is 9.79 Å². The average Bonchev–Trinajstić information content (AvgIpc) is 2.59. The summed E-state index contributed by atoms with van der Waals surface area (Å²) >= 11 is 0. The van der Waals surface area contributed by atoms with Gasteiger partial charge in [0.15, 0.2) is 0 Å². The largest absolute Gasteiger partial charge is 0.460 e. The molecular weight excluding hydrogens is 228 g/mol. The van der Waals surface area contributed by atoms with E-state index in [-0.39, 0.29) is 19.1 Å². The third-order valence-electron chi connectivity index (χ3n) is 2.69. The number of hydrogen-bond donors (Lipinski definition) is 0. The van der Waals surface area contributed by atoms with Gasteiger partial charge in [-0.05, 0) is 6.07 Å². The minimum Gasteiger partial charge on any atom is -0.460 e. The summed E-state index contributed by atoms with van der Waals surface area (Å²) in [6, 6.07) is 7.91. The lowest BCUT2D eigenvalue weighted by atomic mass is 10.2. The zero-order chi connectivity index (χ0) is 12.8. The lowest BCUT2D eigenvalue weighted by Gasteiger charge is -2.23. The molecule has 0 spiro atoms. The molecule has 0 aliphatic carbocycles. The van der Waals surface area contributed by atoms with Crippen molar-refractivity contribution in [2.75, 3.05) is 31.1 Å². The number of carbonyl (C=O) groups is 1. The zero-order valence-corrected chi connectivity index (χ0v) is 10.2. The Morgan fingerprint density at radius 3 is 3.17 bits per heavy atom. The van der Waals surface area contributed by atoms with Crippen molar-refractivity contribution in [2.45, 2.75) is 0 Å². The molecule has 0 fully saturated rings. The third kappa shape index (κ3) is 2.97. The molecule has 0 saturated heterocycles. The molecule has 18 heavy (non-hydrogen) atoms. The van der Waals surface area contributed by atoms with E-state index >= 15 is 0 Å². The van der Waals surface area contributed by atoms with Gasteiger partial charge in [-0.2, -0.15) is 0 Å². The molecule has 0 aromatic heterocycles. The van der Waals surface area contributed by atoms with Crippen LogP contribution in [-0.2, 0) is 9.53 Å². The minimum atomic E-state index is -0.244. The number of hydrogen-bond acceptors (Lipinski definition) is 4. The van der Waals surface area contributed by atoms with Crippen molar-refractivity contribution >= 4 is 17.9 Å². The summed E-state index contributed by atoms with van der Waals surface area (Å²) in [4.78, 5) is 17.9. The molecule has 0 amide bonds. The first-order valence-corrected chi connectivity index (χ1v) is 5.91. The lowest BCUT2D eigenvalue weighted by Crippen LogP contribution is -2.33. The van der Waals surface area contributed by atoms with E-state index in [0.717, 1.165) is 17.8 Å². The summed E-state index contributed by atoms with van der Waals surface area (Å²) < 4.78 is 5.01. The van der Waals surface area contributed by atoms with Gasteiger partial charge in [0, 0.05) is 24.0 Å². The van der Waals surface area contributed by atoms with E-state index < -0.39 is 0 Å². The van der Waals surface area contributed by atoms with Crippen LogP contribution >= 0.6 is 0 Å². The van der Waals surface area contributed by atoms with Crippen molar-refractivity contribution in [2.24, 2.45) is 4.99 Å². The van der Waals surface area contributed by atoms with Gasteiger partial charge in [0.1, 0.15) is 13.2 Å². The standard InChI is InChI=1S/C14H16N2O2/c1-2-9-18-14(17)11-16-8-7-15-10-12-5-3-4-6-13(12)16/h2-6,10H,1,7-9,11H2. The van der Waals surface area contributed by atoms with Crippen LogP contribution in [0.15, 0.2) is 41.9 Å². The maximum atomic E-state index is 11.6. The zero-order valence-electron chi connectivity index (χ0n) is 10.2. The van der Waals surface area contributed by atoms with Crippen molar-refractivity contribution in [3.63, 3.8) is 0 Å². The number of fused-ring (bicyclic) bond motifs is 1. The van der Waals surface area contributed by atoms with Crippen molar-refractivity contribution in [3.05, 3.63) is 42.5 Å². The Bertz CT molecular complexity index is 469. The number of aliphatic imine (C=N–C) groups is 1. The highest BCUT2D eigenvalue weighted by molar-refractivity contribution is 5.90. The summed E-state index contributed by atoms with van der Waals surface area (Å²) in [5.41, 5.74) is 2.06. The fourth-order valence-corrected chi connectivity index (χ4v) is 1.86. The van der Waals surface area contributed by atoms with E-state index in [1.807, 2.05) is 35.4 Å². The van der Waals surface area contributed by atoms with Gasteiger partial charge < -0.3 is 9.64 Å². The number of ether oxygens (including phenoxy) is 1. The molecule has 1 aromatic rings. The Morgan fingerprint density at radius 2 is 2.33 bits per heavy atom. The Morgan fingerprint density at radius 1 is 1.50 bits per heavy atom. The van der Waals surface area contributed by atoms with Crippen LogP contribution in [0.1, 0.15) is 5.56 Å². The van der Waals surface area contributed by atoms with Crippen molar-refractivity contribution in [1.29, 1.82) is 0 Å². The summed E-state index contributed by atoms with van der Waals surface area (Å²) in [7, 11) is 0. The van der Waals surface area contributed by atoms with Crippen LogP contribution in [0.4, 0.5) is 5.69 Å². The van der Waals surface area contributed by atoms with Crippen molar-refractivity contribution < 1.29 is 9.53 Å². The first-order chi connectivity index (χ1) is 8.81. The molecule has 0 saturated carbocycles. The molecule has 1 aliphatic heterocycles. The first kappa shape index (κ1) is 12.4. The fourth-order valence-electron chi connectivity index (χ4n) is 1.86. The van der Waals surface area contributed by atoms with E-state index in [9.17, 15) is 4.79 Å². The number of benzodiazepines with no additional fused rings is 1. The SMILES string of the molecule is C=CCOC(=O)CN1CCN=Cc2ccccc21. The van der Waals surface area contributed by atoms with Gasteiger partial charge in [-0.1, -0.05) is 30.9 Å². The minimum absolute atomic E-state index is 0.244. The molecule has 0 N–H and O–H groups in total. The topological polar surface area (TPSA) is 41.9 Å². The second-order valence-corrected chi connectivity index (χ2v) is 3.99. The number of anilines is 1. The molecule has 0 unspecified atom stereocenters. The van der Waals surface area contributed by atoms with E-state index in [1.165, 1.54) is 0 Å². The number of benzene rings is 1. The van der Waals surface area contributed by atoms with Gasteiger partial charge in [-0.25, -0.2) is 0 Å². The fraction of sp³-hybridized carbons (Fsp3) is 0.286. The third-order valence-corrected chi connectivity index (χ3v) is 2.69.